The van der Waals surface area contributed by atoms with Crippen LogP contribution in [0.15, 0.2) is 18.2 Å². The van der Waals surface area contributed by atoms with Crippen molar-refractivity contribution in [3.8, 4) is 0 Å². The Morgan fingerprint density at radius 2 is 1.71 bits per heavy atom. The molecule has 0 aliphatic rings. The standard InChI is InChI=1S/C8H8F2N2O2/c9-8(10)14-7(13)4-1-5(11)3-6(12)2-4/h1-3,8H,11-12H2. The van der Waals surface area contributed by atoms with Crippen molar-refractivity contribution < 1.29 is 18.3 Å². The zero-order valence-electron chi connectivity index (χ0n) is 7.04. The number of halogens is 2. The molecule has 0 fully saturated rings. The van der Waals surface area contributed by atoms with Gasteiger partial charge in [0.25, 0.3) is 0 Å². The van der Waals surface area contributed by atoms with Gasteiger partial charge in [0.2, 0.25) is 0 Å². The van der Waals surface area contributed by atoms with E-state index >= 15 is 0 Å². The van der Waals surface area contributed by atoms with Crippen LogP contribution in [0.2, 0.25) is 0 Å². The molecule has 0 bridgehead atoms. The van der Waals surface area contributed by atoms with E-state index in [4.69, 9.17) is 11.5 Å². The minimum atomic E-state index is -3.15. The fraction of sp³-hybridized carbons (Fsp3) is 0.125. The third-order valence-corrected chi connectivity index (χ3v) is 1.41. The zero-order chi connectivity index (χ0) is 10.7. The second kappa shape index (κ2) is 3.91. The van der Waals surface area contributed by atoms with Crippen LogP contribution >= 0.6 is 0 Å². The Balaban J connectivity index is 2.90. The lowest BCUT2D eigenvalue weighted by Crippen LogP contribution is -2.10. The Labute approximate surface area is 78.4 Å². The van der Waals surface area contributed by atoms with Crippen molar-refractivity contribution in [3.63, 3.8) is 0 Å². The molecule has 0 heterocycles. The smallest absolute Gasteiger partial charge is 0.389 e. The van der Waals surface area contributed by atoms with Crippen LogP contribution in [-0.2, 0) is 4.74 Å². The van der Waals surface area contributed by atoms with Crippen LogP contribution in [0, 0.1) is 0 Å². The molecule has 76 valence electrons. The fourth-order valence-electron chi connectivity index (χ4n) is 0.943. The molecule has 1 rings (SSSR count). The molecule has 0 amide bonds. The number of hydrogen-bond acceptors (Lipinski definition) is 4. The van der Waals surface area contributed by atoms with Gasteiger partial charge in [-0.25, -0.2) is 4.79 Å². The second-order valence-corrected chi connectivity index (χ2v) is 2.55. The van der Waals surface area contributed by atoms with Gasteiger partial charge in [0.15, 0.2) is 0 Å². The Morgan fingerprint density at radius 1 is 1.21 bits per heavy atom. The highest BCUT2D eigenvalue weighted by Gasteiger charge is 2.13. The van der Waals surface area contributed by atoms with Gasteiger partial charge in [-0.3, -0.25) is 0 Å². The summed E-state index contributed by atoms with van der Waals surface area (Å²) in [6, 6.07) is 3.82. The lowest BCUT2D eigenvalue weighted by molar-refractivity contribution is -0.0906. The molecule has 4 nitrogen and oxygen atoms in total. The summed E-state index contributed by atoms with van der Waals surface area (Å²) in [5.74, 6) is -1.15. The van der Waals surface area contributed by atoms with Gasteiger partial charge >= 0.3 is 12.6 Å². The first-order chi connectivity index (χ1) is 6.49. The first kappa shape index (κ1) is 10.2. The first-order valence-electron chi connectivity index (χ1n) is 3.64. The highest BCUT2D eigenvalue weighted by atomic mass is 19.3. The number of esters is 1. The third kappa shape index (κ3) is 2.58. The van der Waals surface area contributed by atoms with Gasteiger partial charge < -0.3 is 16.2 Å². The number of rotatable bonds is 2. The quantitative estimate of drug-likeness (QED) is 0.558. The Morgan fingerprint density at radius 3 is 2.14 bits per heavy atom. The highest BCUT2D eigenvalue weighted by molar-refractivity contribution is 5.91. The number of nitrogen functional groups attached to an aromatic ring is 2. The van der Waals surface area contributed by atoms with Crippen LogP contribution in [0.25, 0.3) is 0 Å². The summed E-state index contributed by atoms with van der Waals surface area (Å²) < 4.78 is 27.0. The molecule has 4 N–H and O–H groups in total. The highest BCUT2D eigenvalue weighted by Crippen LogP contribution is 2.15. The van der Waals surface area contributed by atoms with E-state index in [2.05, 4.69) is 4.74 Å². The van der Waals surface area contributed by atoms with Crippen molar-refractivity contribution in [2.24, 2.45) is 0 Å². The molecule has 0 saturated carbocycles. The Hall–Kier alpha value is -1.85. The molecule has 0 aliphatic carbocycles. The third-order valence-electron chi connectivity index (χ3n) is 1.41. The lowest BCUT2D eigenvalue weighted by Gasteiger charge is -2.04. The molecule has 0 unspecified atom stereocenters. The minimum Gasteiger partial charge on any atom is -0.399 e. The summed E-state index contributed by atoms with van der Waals surface area (Å²) in [6.07, 6.45) is 0. The predicted molar refractivity (Wildman–Crippen MR) is 46.7 cm³/mol. The number of carbonyl (C=O) groups is 1. The number of hydrogen-bond donors (Lipinski definition) is 2. The van der Waals surface area contributed by atoms with Crippen LogP contribution in [0.1, 0.15) is 10.4 Å². The van der Waals surface area contributed by atoms with E-state index in [1.807, 2.05) is 0 Å². The molecule has 0 atom stereocenters. The molecule has 0 spiro atoms. The lowest BCUT2D eigenvalue weighted by atomic mass is 10.2. The average molecular weight is 202 g/mol. The van der Waals surface area contributed by atoms with Gasteiger partial charge in [0.1, 0.15) is 0 Å². The van der Waals surface area contributed by atoms with Gasteiger partial charge in [-0.15, -0.1) is 0 Å². The maximum Gasteiger partial charge on any atom is 0.389 e. The SMILES string of the molecule is Nc1cc(N)cc(C(=O)OC(F)F)c1. The van der Waals surface area contributed by atoms with Crippen molar-refractivity contribution in [1.29, 1.82) is 0 Å². The normalized spacial score (nSPS) is 10.2. The molecule has 0 aromatic heterocycles. The van der Waals surface area contributed by atoms with Gasteiger partial charge in [0, 0.05) is 11.4 Å². The maximum atomic E-state index is 11.7. The summed E-state index contributed by atoms with van der Waals surface area (Å²) in [6.45, 7) is -3.15. The van der Waals surface area contributed by atoms with E-state index in [0.717, 1.165) is 0 Å². The largest absolute Gasteiger partial charge is 0.399 e. The van der Waals surface area contributed by atoms with Crippen LogP contribution in [-0.4, -0.2) is 12.6 Å². The van der Waals surface area contributed by atoms with E-state index in [1.165, 1.54) is 18.2 Å². The number of anilines is 2. The zero-order valence-corrected chi connectivity index (χ0v) is 7.04. The summed E-state index contributed by atoms with van der Waals surface area (Å²) in [7, 11) is 0. The molecular formula is C8H8F2N2O2. The molecule has 0 radical (unpaired) electrons. The maximum absolute atomic E-state index is 11.7. The van der Waals surface area contributed by atoms with Crippen molar-refractivity contribution in [3.05, 3.63) is 23.8 Å². The van der Waals surface area contributed by atoms with Crippen molar-refractivity contribution in [2.75, 3.05) is 11.5 Å². The number of carbonyl (C=O) groups excluding carboxylic acids is 1. The average Bonchev–Trinajstić information content (AvgIpc) is 2.00. The van der Waals surface area contributed by atoms with Crippen molar-refractivity contribution in [1.82, 2.24) is 0 Å². The van der Waals surface area contributed by atoms with Gasteiger partial charge in [-0.2, -0.15) is 8.78 Å². The van der Waals surface area contributed by atoms with E-state index in [0.29, 0.717) is 0 Å². The minimum absolute atomic E-state index is 0.0946. The predicted octanol–water partition coefficient (Wildman–Crippen LogP) is 1.23. The number of nitrogens with two attached hydrogens (primary N) is 2. The molecule has 1 aromatic rings. The fourth-order valence-corrected chi connectivity index (χ4v) is 0.943. The topological polar surface area (TPSA) is 78.3 Å². The van der Waals surface area contributed by atoms with E-state index in [-0.39, 0.29) is 16.9 Å². The Kier molecular flexibility index (Phi) is 2.85. The van der Waals surface area contributed by atoms with E-state index in [9.17, 15) is 13.6 Å². The van der Waals surface area contributed by atoms with Crippen molar-refractivity contribution in [2.45, 2.75) is 6.61 Å². The molecular weight excluding hydrogens is 194 g/mol. The van der Waals surface area contributed by atoms with Crippen LogP contribution in [0.3, 0.4) is 0 Å². The molecule has 0 aliphatic heterocycles. The summed E-state index contributed by atoms with van der Waals surface area (Å²) in [5, 5.41) is 0. The second-order valence-electron chi connectivity index (χ2n) is 2.55. The summed E-state index contributed by atoms with van der Waals surface area (Å²) in [5.41, 5.74) is 11.0. The van der Waals surface area contributed by atoms with Crippen molar-refractivity contribution >= 4 is 17.3 Å². The Bertz CT molecular complexity index is 335. The van der Waals surface area contributed by atoms with Crippen LogP contribution < -0.4 is 11.5 Å². The number of benzene rings is 1. The number of ether oxygens (including phenoxy) is 1. The van der Waals surface area contributed by atoms with Crippen LogP contribution in [0.4, 0.5) is 20.2 Å². The molecule has 0 saturated heterocycles. The summed E-state index contributed by atoms with van der Waals surface area (Å²) in [4.78, 5) is 10.9. The van der Waals surface area contributed by atoms with Gasteiger partial charge in [-0.1, -0.05) is 0 Å². The molecule has 14 heavy (non-hydrogen) atoms. The molecule has 6 heteroatoms. The van der Waals surface area contributed by atoms with Gasteiger partial charge in [0.05, 0.1) is 5.56 Å². The van der Waals surface area contributed by atoms with Crippen LogP contribution in [0.5, 0.6) is 0 Å². The first-order valence-corrected chi connectivity index (χ1v) is 3.64. The molecule has 1 aromatic carbocycles. The van der Waals surface area contributed by atoms with E-state index in [1.54, 1.807) is 0 Å². The van der Waals surface area contributed by atoms with Gasteiger partial charge in [-0.05, 0) is 18.2 Å². The van der Waals surface area contributed by atoms with E-state index < -0.39 is 12.6 Å². The monoisotopic (exact) mass is 202 g/mol. The summed E-state index contributed by atoms with van der Waals surface area (Å²) >= 11 is 0. The number of alkyl halides is 2.